The first-order valence-corrected chi connectivity index (χ1v) is 7.07. The van der Waals surface area contributed by atoms with Crippen LogP contribution in [0.2, 0.25) is 0 Å². The number of amidine groups is 1. The van der Waals surface area contributed by atoms with Gasteiger partial charge in [-0.2, -0.15) is 13.5 Å². The van der Waals surface area contributed by atoms with Crippen LogP contribution in [-0.2, 0) is 10.0 Å². The van der Waals surface area contributed by atoms with Crippen LogP contribution in [0.1, 0.15) is 32.6 Å². The fraction of sp³-hybridized carbons (Fsp3) is 0.889. The monoisotopic (exact) mass is 285 g/mol. The van der Waals surface area contributed by atoms with Gasteiger partial charge in [-0.1, -0.05) is 12.1 Å². The summed E-state index contributed by atoms with van der Waals surface area (Å²) < 4.78 is 49.2. The quantitative estimate of drug-likeness (QED) is 0.308. The first-order valence-electron chi connectivity index (χ1n) is 5.52. The van der Waals surface area contributed by atoms with E-state index in [9.17, 15) is 17.2 Å². The van der Waals surface area contributed by atoms with Gasteiger partial charge in [-0.05, 0) is 31.6 Å². The van der Waals surface area contributed by atoms with E-state index in [4.69, 9.17) is 10.9 Å². The molecule has 0 atom stereocenters. The van der Waals surface area contributed by atoms with Gasteiger partial charge in [-0.15, -0.1) is 0 Å². The van der Waals surface area contributed by atoms with E-state index in [0.717, 1.165) is 0 Å². The Morgan fingerprint density at radius 3 is 2.39 bits per heavy atom. The van der Waals surface area contributed by atoms with Gasteiger partial charge in [-0.25, -0.2) is 8.42 Å². The van der Waals surface area contributed by atoms with E-state index < -0.39 is 21.3 Å². The lowest BCUT2D eigenvalue weighted by atomic mass is 9.77. The van der Waals surface area contributed by atoms with Crippen molar-refractivity contribution >= 4 is 15.9 Å². The maximum atomic E-state index is 12.4. The van der Waals surface area contributed by atoms with E-state index >= 15 is 0 Å². The molecule has 0 aromatic heterocycles. The smallest absolute Gasteiger partial charge is 0.350 e. The van der Waals surface area contributed by atoms with E-state index in [2.05, 4.69) is 5.16 Å². The second-order valence-electron chi connectivity index (χ2n) is 4.66. The third-order valence-corrected chi connectivity index (χ3v) is 4.44. The number of nitrogens with zero attached hydrogens (tertiary/aromatic N) is 1. The highest BCUT2D eigenvalue weighted by molar-refractivity contribution is 7.89. The van der Waals surface area contributed by atoms with Crippen LogP contribution in [0.5, 0.6) is 0 Å². The zero-order chi connectivity index (χ0) is 14.0. The highest BCUT2D eigenvalue weighted by atomic mass is 32.2. The van der Waals surface area contributed by atoms with Gasteiger partial charge in [0.25, 0.3) is 10.0 Å². The molecule has 0 saturated heterocycles. The molecule has 18 heavy (non-hydrogen) atoms. The molecule has 0 heterocycles. The first kappa shape index (κ1) is 15.1. The number of alkyl halides is 2. The lowest BCUT2D eigenvalue weighted by molar-refractivity contribution is 0.222. The molecule has 9 heteroatoms. The zero-order valence-electron chi connectivity index (χ0n) is 9.94. The maximum Gasteiger partial charge on any atom is 0.350 e. The van der Waals surface area contributed by atoms with E-state index in [1.165, 1.54) is 0 Å². The van der Waals surface area contributed by atoms with Crippen molar-refractivity contribution in [2.45, 2.75) is 43.9 Å². The summed E-state index contributed by atoms with van der Waals surface area (Å²) in [4.78, 5) is 0. The molecule has 0 amide bonds. The van der Waals surface area contributed by atoms with Gasteiger partial charge in [0.05, 0.1) is 5.54 Å². The van der Waals surface area contributed by atoms with Gasteiger partial charge >= 0.3 is 5.76 Å². The number of nitrogens with one attached hydrogen (secondary N) is 1. The van der Waals surface area contributed by atoms with Crippen molar-refractivity contribution in [1.82, 2.24) is 4.72 Å². The fourth-order valence-corrected chi connectivity index (χ4v) is 3.02. The summed E-state index contributed by atoms with van der Waals surface area (Å²) in [6.45, 7) is 1.97. The van der Waals surface area contributed by atoms with Crippen molar-refractivity contribution in [3.05, 3.63) is 0 Å². The fourth-order valence-electron chi connectivity index (χ4n) is 2.08. The molecule has 0 spiro atoms. The lowest BCUT2D eigenvalue weighted by Crippen LogP contribution is -2.59. The second-order valence-corrected chi connectivity index (χ2v) is 6.31. The topological polar surface area (TPSA) is 105 Å². The Morgan fingerprint density at radius 1 is 1.50 bits per heavy atom. The molecule has 1 fully saturated rings. The van der Waals surface area contributed by atoms with E-state index in [1.54, 1.807) is 0 Å². The molecule has 0 unspecified atom stereocenters. The summed E-state index contributed by atoms with van der Waals surface area (Å²) in [5, 5.41) is 11.5. The Bertz CT molecular complexity index is 417. The summed E-state index contributed by atoms with van der Waals surface area (Å²) in [6, 6.07) is 0. The van der Waals surface area contributed by atoms with E-state index in [1.807, 2.05) is 11.6 Å². The van der Waals surface area contributed by atoms with Crippen LogP contribution in [0.25, 0.3) is 0 Å². The van der Waals surface area contributed by atoms with Gasteiger partial charge in [0.15, 0.2) is 5.84 Å². The Morgan fingerprint density at radius 2 is 2.00 bits per heavy atom. The highest BCUT2D eigenvalue weighted by Crippen LogP contribution is 2.33. The summed E-state index contributed by atoms with van der Waals surface area (Å²) in [5.41, 5.74) is 4.06. The van der Waals surface area contributed by atoms with E-state index in [-0.39, 0.29) is 18.7 Å². The number of nitrogens with two attached hydrogens (primary N) is 1. The molecule has 0 aromatic rings. The van der Waals surface area contributed by atoms with Crippen LogP contribution >= 0.6 is 0 Å². The molecule has 1 aliphatic rings. The standard InChI is InChI=1S/C9H17F2N3O3S/c1-6-2-4-9(5-3-6,7(12)13-15)14-18(16,17)8(10)11/h6,8,14-15H,2-5H2,1H3,(H2,12,13). The second kappa shape index (κ2) is 5.35. The Balaban J connectivity index is 3.01. The minimum atomic E-state index is -4.78. The molecule has 1 aliphatic carbocycles. The molecule has 4 N–H and O–H groups in total. The highest BCUT2D eigenvalue weighted by Gasteiger charge is 2.43. The minimum absolute atomic E-state index is 0.232. The van der Waals surface area contributed by atoms with Crippen LogP contribution < -0.4 is 10.5 Å². The number of hydrogen-bond acceptors (Lipinski definition) is 4. The Kier molecular flexibility index (Phi) is 4.49. The molecular formula is C9H17F2N3O3S. The van der Waals surface area contributed by atoms with Crippen molar-refractivity contribution in [3.63, 3.8) is 0 Å². The van der Waals surface area contributed by atoms with Gasteiger partial charge in [0, 0.05) is 0 Å². The summed E-state index contributed by atoms with van der Waals surface area (Å²) >= 11 is 0. The minimum Gasteiger partial charge on any atom is -0.409 e. The van der Waals surface area contributed by atoms with Crippen molar-refractivity contribution in [2.75, 3.05) is 0 Å². The lowest BCUT2D eigenvalue weighted by Gasteiger charge is -2.38. The third-order valence-electron chi connectivity index (χ3n) is 3.30. The van der Waals surface area contributed by atoms with Gasteiger partial charge in [0.1, 0.15) is 0 Å². The van der Waals surface area contributed by atoms with E-state index in [0.29, 0.717) is 18.8 Å². The predicted octanol–water partition coefficient (Wildman–Crippen LogP) is 0.824. The number of hydrogen-bond donors (Lipinski definition) is 3. The number of rotatable bonds is 4. The molecule has 106 valence electrons. The molecule has 0 radical (unpaired) electrons. The maximum absolute atomic E-state index is 12.4. The van der Waals surface area contributed by atoms with Crippen molar-refractivity contribution in [2.24, 2.45) is 16.8 Å². The number of halogens is 2. The summed E-state index contributed by atoms with van der Waals surface area (Å²) in [6.07, 6.45) is 1.69. The summed E-state index contributed by atoms with van der Waals surface area (Å²) in [7, 11) is -4.78. The number of oxime groups is 1. The predicted molar refractivity (Wildman–Crippen MR) is 61.8 cm³/mol. The Hall–Kier alpha value is -0.960. The largest absolute Gasteiger partial charge is 0.409 e. The normalized spacial score (nSPS) is 30.7. The van der Waals surface area contributed by atoms with Gasteiger partial charge in [0.2, 0.25) is 0 Å². The van der Waals surface area contributed by atoms with Crippen LogP contribution in [0.15, 0.2) is 5.16 Å². The Labute approximate surface area is 104 Å². The van der Waals surface area contributed by atoms with Crippen LogP contribution in [-0.4, -0.2) is 30.8 Å². The molecule has 6 nitrogen and oxygen atoms in total. The molecule has 0 aliphatic heterocycles. The zero-order valence-corrected chi connectivity index (χ0v) is 10.8. The molecule has 1 rings (SSSR count). The first-order chi connectivity index (χ1) is 8.23. The van der Waals surface area contributed by atoms with Crippen LogP contribution in [0.4, 0.5) is 8.78 Å². The third kappa shape index (κ3) is 3.08. The van der Waals surface area contributed by atoms with Crippen molar-refractivity contribution in [1.29, 1.82) is 0 Å². The average molecular weight is 285 g/mol. The van der Waals surface area contributed by atoms with Gasteiger partial charge in [-0.3, -0.25) is 0 Å². The molecular weight excluding hydrogens is 268 g/mol. The molecule has 0 bridgehead atoms. The van der Waals surface area contributed by atoms with Gasteiger partial charge < -0.3 is 10.9 Å². The van der Waals surface area contributed by atoms with Crippen LogP contribution in [0, 0.1) is 5.92 Å². The summed E-state index contributed by atoms with van der Waals surface area (Å²) in [5.74, 6) is -3.57. The SMILES string of the molecule is CC1CCC(NS(=O)(=O)C(F)F)(/C(N)=N/O)CC1. The molecule has 1 saturated carbocycles. The molecule has 0 aromatic carbocycles. The van der Waals surface area contributed by atoms with Crippen molar-refractivity contribution < 1.29 is 22.4 Å². The van der Waals surface area contributed by atoms with Crippen molar-refractivity contribution in [3.8, 4) is 0 Å². The van der Waals surface area contributed by atoms with Crippen LogP contribution in [0.3, 0.4) is 0 Å². The number of sulfonamides is 1. The average Bonchev–Trinajstić information content (AvgIpc) is 2.31.